The van der Waals surface area contributed by atoms with Crippen LogP contribution in [0, 0.1) is 5.82 Å². The Balaban J connectivity index is 2.71. The van der Waals surface area contributed by atoms with Gasteiger partial charge in [-0.1, -0.05) is 0 Å². The van der Waals surface area contributed by atoms with Gasteiger partial charge in [0.1, 0.15) is 6.54 Å². The largest absolute Gasteiger partial charge is 0.454 e. The lowest BCUT2D eigenvalue weighted by atomic mass is 10.5. The number of alkyl halides is 6. The summed E-state index contributed by atoms with van der Waals surface area (Å²) >= 11 is 0. The Morgan fingerprint density at radius 1 is 1.11 bits per heavy atom. The first-order valence-electron chi connectivity index (χ1n) is 4.59. The molecule has 19 heavy (non-hydrogen) atoms. The van der Waals surface area contributed by atoms with Crippen molar-refractivity contribution >= 4 is 5.82 Å². The van der Waals surface area contributed by atoms with E-state index in [2.05, 4.69) is 14.7 Å². The Morgan fingerprint density at radius 2 is 1.74 bits per heavy atom. The summed E-state index contributed by atoms with van der Waals surface area (Å²) in [7, 11) is 0. The number of hydrogen-bond donors (Lipinski definition) is 1. The van der Waals surface area contributed by atoms with Crippen molar-refractivity contribution in [2.75, 3.05) is 18.5 Å². The predicted molar refractivity (Wildman–Crippen MR) is 48.1 cm³/mol. The average molecular weight is 293 g/mol. The molecule has 11 heteroatoms. The van der Waals surface area contributed by atoms with Crippen molar-refractivity contribution in [2.24, 2.45) is 0 Å². The molecule has 0 aliphatic carbocycles. The fourth-order valence-electron chi connectivity index (χ4n) is 0.875. The van der Waals surface area contributed by atoms with E-state index in [1.165, 1.54) is 0 Å². The highest BCUT2D eigenvalue weighted by Crippen LogP contribution is 2.20. The van der Waals surface area contributed by atoms with Gasteiger partial charge in [-0.2, -0.15) is 31.3 Å². The zero-order chi connectivity index (χ0) is 14.7. The minimum absolute atomic E-state index is 0.400. The molecule has 4 nitrogen and oxygen atoms in total. The molecule has 1 rings (SSSR count). The normalized spacial score (nSPS) is 12.4. The van der Waals surface area contributed by atoms with Crippen molar-refractivity contribution in [3.63, 3.8) is 0 Å². The molecule has 0 atom stereocenters. The van der Waals surface area contributed by atoms with Crippen molar-refractivity contribution in [1.82, 2.24) is 9.97 Å². The third-order valence-corrected chi connectivity index (χ3v) is 1.54. The van der Waals surface area contributed by atoms with Gasteiger partial charge >= 0.3 is 18.4 Å². The minimum atomic E-state index is -4.67. The summed E-state index contributed by atoms with van der Waals surface area (Å²) in [6.45, 7) is -3.34. The number of nitrogens with zero attached hydrogens (tertiary/aromatic N) is 2. The standard InChI is InChI=1S/C8H6F7N3O/c9-4-1-16-6(19-3-8(13,14)15)18-5(4)17-2-7(10,11)12/h1H,2-3H2,(H,16,17,18). The molecule has 0 aromatic carbocycles. The molecule has 0 spiro atoms. The summed E-state index contributed by atoms with van der Waals surface area (Å²) < 4.78 is 88.1. The molecular weight excluding hydrogens is 287 g/mol. The summed E-state index contributed by atoms with van der Waals surface area (Å²) in [6.07, 6.45) is -8.90. The van der Waals surface area contributed by atoms with Crippen LogP contribution >= 0.6 is 0 Å². The summed E-state index contributed by atoms with van der Waals surface area (Å²) in [4.78, 5) is 6.12. The zero-order valence-electron chi connectivity index (χ0n) is 8.94. The zero-order valence-corrected chi connectivity index (χ0v) is 8.94. The maximum atomic E-state index is 13.0. The predicted octanol–water partition coefficient (Wildman–Crippen LogP) is 2.53. The lowest BCUT2D eigenvalue weighted by molar-refractivity contribution is -0.154. The van der Waals surface area contributed by atoms with Crippen LogP contribution in [0.4, 0.5) is 36.6 Å². The van der Waals surface area contributed by atoms with Gasteiger partial charge in [-0.25, -0.2) is 9.37 Å². The van der Waals surface area contributed by atoms with Crippen LogP contribution in [-0.4, -0.2) is 35.5 Å². The minimum Gasteiger partial charge on any atom is -0.454 e. The number of rotatable bonds is 4. The number of anilines is 1. The van der Waals surface area contributed by atoms with Crippen LogP contribution in [0.1, 0.15) is 0 Å². The van der Waals surface area contributed by atoms with E-state index in [4.69, 9.17) is 0 Å². The van der Waals surface area contributed by atoms with E-state index in [0.717, 1.165) is 0 Å². The SMILES string of the molecule is Fc1cnc(OCC(F)(F)F)nc1NCC(F)(F)F. The Hall–Kier alpha value is -1.81. The molecule has 1 N–H and O–H groups in total. The van der Waals surface area contributed by atoms with Crippen molar-refractivity contribution < 1.29 is 35.5 Å². The van der Waals surface area contributed by atoms with E-state index in [9.17, 15) is 30.7 Å². The number of ether oxygens (including phenoxy) is 1. The highest BCUT2D eigenvalue weighted by Gasteiger charge is 2.30. The van der Waals surface area contributed by atoms with Crippen molar-refractivity contribution in [3.05, 3.63) is 12.0 Å². The third kappa shape index (κ3) is 6.06. The Kier molecular flexibility index (Phi) is 4.37. The van der Waals surface area contributed by atoms with Gasteiger partial charge in [0.2, 0.25) is 0 Å². The molecule has 0 aliphatic rings. The molecule has 1 aromatic heterocycles. The summed E-state index contributed by atoms with van der Waals surface area (Å²) in [5, 5.41) is 1.58. The number of nitrogens with one attached hydrogen (secondary N) is 1. The second-order valence-corrected chi connectivity index (χ2v) is 3.22. The Morgan fingerprint density at radius 3 is 2.26 bits per heavy atom. The monoisotopic (exact) mass is 293 g/mol. The maximum absolute atomic E-state index is 13.0. The van der Waals surface area contributed by atoms with Gasteiger partial charge in [0.05, 0.1) is 6.20 Å². The van der Waals surface area contributed by atoms with E-state index < -0.39 is 43.1 Å². The van der Waals surface area contributed by atoms with Crippen LogP contribution in [-0.2, 0) is 0 Å². The summed E-state index contributed by atoms with van der Waals surface area (Å²) in [5.74, 6) is -2.15. The van der Waals surface area contributed by atoms with Gasteiger partial charge in [0, 0.05) is 0 Å². The fourth-order valence-corrected chi connectivity index (χ4v) is 0.875. The van der Waals surface area contributed by atoms with Crippen LogP contribution in [0.2, 0.25) is 0 Å². The molecule has 0 bridgehead atoms. The molecule has 0 radical (unpaired) electrons. The van der Waals surface area contributed by atoms with E-state index in [1.807, 2.05) is 0 Å². The van der Waals surface area contributed by atoms with Crippen LogP contribution in [0.25, 0.3) is 0 Å². The summed E-state index contributed by atoms with van der Waals surface area (Å²) in [6, 6.07) is -0.886. The third-order valence-electron chi connectivity index (χ3n) is 1.54. The quantitative estimate of drug-likeness (QED) is 0.867. The van der Waals surface area contributed by atoms with Crippen molar-refractivity contribution in [1.29, 1.82) is 0 Å². The van der Waals surface area contributed by atoms with E-state index in [1.54, 1.807) is 5.32 Å². The lowest BCUT2D eigenvalue weighted by Crippen LogP contribution is -2.23. The highest BCUT2D eigenvalue weighted by molar-refractivity contribution is 5.36. The van der Waals surface area contributed by atoms with Crippen LogP contribution in [0.15, 0.2) is 6.20 Å². The number of aromatic nitrogens is 2. The smallest absolute Gasteiger partial charge is 0.422 e. The molecular formula is C8H6F7N3O. The first-order chi connectivity index (χ1) is 8.57. The second-order valence-electron chi connectivity index (χ2n) is 3.22. The number of halogens is 7. The van der Waals surface area contributed by atoms with E-state index >= 15 is 0 Å². The maximum Gasteiger partial charge on any atom is 0.422 e. The molecule has 0 aliphatic heterocycles. The average Bonchev–Trinajstić information content (AvgIpc) is 2.24. The van der Waals surface area contributed by atoms with Gasteiger partial charge in [0.15, 0.2) is 18.2 Å². The van der Waals surface area contributed by atoms with E-state index in [0.29, 0.717) is 6.20 Å². The molecule has 1 heterocycles. The Bertz CT molecular complexity index is 431. The highest BCUT2D eigenvalue weighted by atomic mass is 19.4. The van der Waals surface area contributed by atoms with Crippen LogP contribution in [0.5, 0.6) is 6.01 Å². The lowest BCUT2D eigenvalue weighted by Gasteiger charge is -2.11. The van der Waals surface area contributed by atoms with Crippen molar-refractivity contribution in [2.45, 2.75) is 12.4 Å². The second kappa shape index (κ2) is 5.45. The van der Waals surface area contributed by atoms with Gasteiger partial charge in [0.25, 0.3) is 0 Å². The molecule has 0 fully saturated rings. The first kappa shape index (κ1) is 15.2. The molecule has 0 amide bonds. The van der Waals surface area contributed by atoms with E-state index in [-0.39, 0.29) is 0 Å². The molecule has 0 saturated carbocycles. The molecule has 108 valence electrons. The number of hydrogen-bond acceptors (Lipinski definition) is 4. The Labute approximate surface area is 101 Å². The van der Waals surface area contributed by atoms with Crippen molar-refractivity contribution in [3.8, 4) is 6.01 Å². The molecule has 0 unspecified atom stereocenters. The van der Waals surface area contributed by atoms with Gasteiger partial charge in [-0.05, 0) is 0 Å². The fraction of sp³-hybridized carbons (Fsp3) is 0.500. The molecule has 1 aromatic rings. The first-order valence-corrected chi connectivity index (χ1v) is 4.59. The molecule has 0 saturated heterocycles. The summed E-state index contributed by atoms with van der Waals surface area (Å²) in [5.41, 5.74) is 0. The van der Waals surface area contributed by atoms with Gasteiger partial charge in [-0.15, -0.1) is 0 Å². The topological polar surface area (TPSA) is 47.0 Å². The van der Waals surface area contributed by atoms with Crippen LogP contribution in [0.3, 0.4) is 0 Å². The van der Waals surface area contributed by atoms with Gasteiger partial charge in [-0.3, -0.25) is 0 Å². The van der Waals surface area contributed by atoms with Crippen LogP contribution < -0.4 is 10.1 Å². The van der Waals surface area contributed by atoms with Gasteiger partial charge < -0.3 is 10.1 Å².